The SMILES string of the molecule is CN1c2ccccc2[C@@H]2C[C@@H](NC(=O)C(F)(F)F)CCN2c2ccc([N+](=O)[O-])cc21. The molecule has 0 aromatic heterocycles. The van der Waals surface area contributed by atoms with Crippen molar-refractivity contribution < 1.29 is 22.9 Å². The molecular weight excluding hydrogens is 401 g/mol. The zero-order valence-corrected chi connectivity index (χ0v) is 16.0. The van der Waals surface area contributed by atoms with Crippen molar-refractivity contribution in [3.63, 3.8) is 0 Å². The number of nitrogens with zero attached hydrogens (tertiary/aromatic N) is 3. The molecule has 1 saturated heterocycles. The number of carbonyl (C=O) groups is 1. The van der Waals surface area contributed by atoms with E-state index < -0.39 is 23.0 Å². The van der Waals surface area contributed by atoms with Crippen molar-refractivity contribution >= 4 is 28.7 Å². The monoisotopic (exact) mass is 420 g/mol. The van der Waals surface area contributed by atoms with Crippen LogP contribution in [0.5, 0.6) is 0 Å². The molecule has 10 heteroatoms. The van der Waals surface area contributed by atoms with E-state index in [0.717, 1.165) is 16.9 Å². The number of nitro benzene ring substituents is 1. The molecule has 2 aromatic rings. The number of halogens is 3. The average molecular weight is 420 g/mol. The maximum absolute atomic E-state index is 12.7. The molecule has 4 rings (SSSR count). The number of alkyl halides is 3. The first kappa shape index (κ1) is 20.0. The Balaban J connectivity index is 1.75. The number of nitro groups is 1. The van der Waals surface area contributed by atoms with E-state index in [1.165, 1.54) is 12.1 Å². The normalized spacial score (nSPS) is 20.5. The number of hydrogen-bond donors (Lipinski definition) is 1. The summed E-state index contributed by atoms with van der Waals surface area (Å²) >= 11 is 0. The lowest BCUT2D eigenvalue weighted by Crippen LogP contribution is -2.49. The van der Waals surface area contributed by atoms with Crippen LogP contribution in [0.4, 0.5) is 35.9 Å². The zero-order chi connectivity index (χ0) is 21.6. The van der Waals surface area contributed by atoms with Crippen molar-refractivity contribution in [1.29, 1.82) is 0 Å². The van der Waals surface area contributed by atoms with Crippen LogP contribution in [0.15, 0.2) is 42.5 Å². The van der Waals surface area contributed by atoms with Crippen LogP contribution in [0.25, 0.3) is 0 Å². The van der Waals surface area contributed by atoms with E-state index in [4.69, 9.17) is 0 Å². The van der Waals surface area contributed by atoms with Crippen molar-refractivity contribution in [3.8, 4) is 0 Å². The molecule has 0 radical (unpaired) electrons. The van der Waals surface area contributed by atoms with Gasteiger partial charge in [-0.1, -0.05) is 18.2 Å². The molecule has 2 heterocycles. The molecule has 158 valence electrons. The third kappa shape index (κ3) is 3.42. The van der Waals surface area contributed by atoms with Gasteiger partial charge in [-0.05, 0) is 30.5 Å². The fraction of sp³-hybridized carbons (Fsp3) is 0.350. The molecule has 2 atom stereocenters. The van der Waals surface area contributed by atoms with Gasteiger partial charge in [-0.2, -0.15) is 13.2 Å². The van der Waals surface area contributed by atoms with Crippen LogP contribution in [-0.4, -0.2) is 36.6 Å². The van der Waals surface area contributed by atoms with Crippen molar-refractivity contribution in [1.82, 2.24) is 5.32 Å². The molecule has 1 fully saturated rings. The van der Waals surface area contributed by atoms with Gasteiger partial charge in [-0.3, -0.25) is 14.9 Å². The highest BCUT2D eigenvalue weighted by Crippen LogP contribution is 2.48. The number of nitrogens with one attached hydrogen (secondary N) is 1. The van der Waals surface area contributed by atoms with Crippen LogP contribution in [0.1, 0.15) is 24.4 Å². The molecule has 0 spiro atoms. The van der Waals surface area contributed by atoms with E-state index in [9.17, 15) is 28.1 Å². The smallest absolute Gasteiger partial charge is 0.363 e. The predicted octanol–water partition coefficient (Wildman–Crippen LogP) is 4.06. The fourth-order valence-electron chi connectivity index (χ4n) is 4.29. The van der Waals surface area contributed by atoms with Gasteiger partial charge in [0.05, 0.1) is 22.3 Å². The first-order valence-corrected chi connectivity index (χ1v) is 9.42. The van der Waals surface area contributed by atoms with Gasteiger partial charge in [0.15, 0.2) is 0 Å². The van der Waals surface area contributed by atoms with Crippen molar-refractivity contribution in [2.75, 3.05) is 23.4 Å². The Morgan fingerprint density at radius 3 is 2.60 bits per heavy atom. The molecule has 0 saturated carbocycles. The molecule has 2 aliphatic heterocycles. The summed E-state index contributed by atoms with van der Waals surface area (Å²) in [5, 5.41) is 13.4. The van der Waals surface area contributed by atoms with E-state index in [-0.39, 0.29) is 11.7 Å². The van der Waals surface area contributed by atoms with Crippen LogP contribution in [0, 0.1) is 10.1 Å². The molecule has 0 aliphatic carbocycles. The van der Waals surface area contributed by atoms with Gasteiger partial charge in [-0.15, -0.1) is 0 Å². The van der Waals surface area contributed by atoms with Gasteiger partial charge < -0.3 is 15.1 Å². The number of carbonyl (C=O) groups excluding carboxylic acids is 1. The highest BCUT2D eigenvalue weighted by molar-refractivity contribution is 5.84. The minimum absolute atomic E-state index is 0.0381. The second kappa shape index (κ2) is 7.19. The number of anilines is 3. The second-order valence-corrected chi connectivity index (χ2v) is 7.45. The summed E-state index contributed by atoms with van der Waals surface area (Å²) in [6, 6.07) is 11.2. The molecule has 1 N–H and O–H groups in total. The van der Waals surface area contributed by atoms with Crippen LogP contribution >= 0.6 is 0 Å². The van der Waals surface area contributed by atoms with Gasteiger partial charge in [0.1, 0.15) is 0 Å². The highest BCUT2D eigenvalue weighted by Gasteiger charge is 2.42. The quantitative estimate of drug-likeness (QED) is 0.586. The Hall–Kier alpha value is -3.30. The fourth-order valence-corrected chi connectivity index (χ4v) is 4.29. The van der Waals surface area contributed by atoms with Crippen LogP contribution in [0.2, 0.25) is 0 Å². The molecule has 2 aromatic carbocycles. The van der Waals surface area contributed by atoms with Gasteiger partial charge in [0.2, 0.25) is 0 Å². The Labute approximate surface area is 170 Å². The van der Waals surface area contributed by atoms with Crippen LogP contribution in [-0.2, 0) is 4.79 Å². The topological polar surface area (TPSA) is 78.7 Å². The number of benzene rings is 2. The Morgan fingerprint density at radius 1 is 1.17 bits per heavy atom. The van der Waals surface area contributed by atoms with E-state index in [1.54, 1.807) is 6.07 Å². The van der Waals surface area contributed by atoms with Gasteiger partial charge in [0.25, 0.3) is 5.69 Å². The summed E-state index contributed by atoms with van der Waals surface area (Å²) in [5.41, 5.74) is 3.09. The molecule has 2 aliphatic rings. The van der Waals surface area contributed by atoms with Crippen molar-refractivity contribution in [2.24, 2.45) is 0 Å². The van der Waals surface area contributed by atoms with Gasteiger partial charge in [0, 0.05) is 37.5 Å². The lowest BCUT2D eigenvalue weighted by molar-refractivity contribution is -0.384. The second-order valence-electron chi connectivity index (χ2n) is 7.45. The maximum Gasteiger partial charge on any atom is 0.471 e. The number of non-ortho nitro benzene ring substituents is 1. The third-order valence-corrected chi connectivity index (χ3v) is 5.69. The molecular formula is C20H19F3N4O3. The lowest BCUT2D eigenvalue weighted by Gasteiger charge is -2.41. The zero-order valence-electron chi connectivity index (χ0n) is 16.0. The highest BCUT2D eigenvalue weighted by atomic mass is 19.4. The van der Waals surface area contributed by atoms with Crippen LogP contribution < -0.4 is 15.1 Å². The minimum atomic E-state index is -4.93. The molecule has 0 bridgehead atoms. The summed E-state index contributed by atoms with van der Waals surface area (Å²) in [6.07, 6.45) is -4.30. The van der Waals surface area contributed by atoms with Crippen LogP contribution in [0.3, 0.4) is 0 Å². The Morgan fingerprint density at radius 2 is 1.90 bits per heavy atom. The number of rotatable bonds is 2. The lowest BCUT2D eigenvalue weighted by atomic mass is 9.90. The van der Waals surface area contributed by atoms with Crippen molar-refractivity contribution in [2.45, 2.75) is 31.1 Å². The average Bonchev–Trinajstić information content (AvgIpc) is 2.81. The Kier molecular flexibility index (Phi) is 4.79. The summed E-state index contributed by atoms with van der Waals surface area (Å²) in [7, 11) is 1.81. The largest absolute Gasteiger partial charge is 0.471 e. The number of hydrogen-bond acceptors (Lipinski definition) is 5. The maximum atomic E-state index is 12.7. The van der Waals surface area contributed by atoms with E-state index >= 15 is 0 Å². The van der Waals surface area contributed by atoms with E-state index in [2.05, 4.69) is 10.2 Å². The first-order valence-electron chi connectivity index (χ1n) is 9.42. The molecule has 7 nitrogen and oxygen atoms in total. The standard InChI is InChI=1S/C20H19F3N4O3/c1-25-15-5-3-2-4-14(15)17-10-12(24-19(28)20(21,22)23)8-9-26(17)16-7-6-13(27(29)30)11-18(16)25/h2-7,11-12,17H,8-10H2,1H3,(H,24,28)/t12-,17-/m0/s1. The first-order chi connectivity index (χ1) is 14.2. The molecule has 30 heavy (non-hydrogen) atoms. The van der Waals surface area contributed by atoms with Gasteiger partial charge >= 0.3 is 12.1 Å². The minimum Gasteiger partial charge on any atom is -0.363 e. The number of fused-ring (bicyclic) bond motifs is 5. The molecule has 0 unspecified atom stereocenters. The summed E-state index contributed by atoms with van der Waals surface area (Å²) in [4.78, 5) is 26.2. The van der Waals surface area contributed by atoms with E-state index in [1.807, 2.05) is 36.2 Å². The number of amides is 1. The summed E-state index contributed by atoms with van der Waals surface area (Å²) in [6.45, 7) is 0.403. The Bertz CT molecular complexity index is 1010. The van der Waals surface area contributed by atoms with E-state index in [0.29, 0.717) is 25.1 Å². The summed E-state index contributed by atoms with van der Waals surface area (Å²) in [5.74, 6) is -1.93. The third-order valence-electron chi connectivity index (χ3n) is 5.69. The number of piperidine rings is 1. The summed E-state index contributed by atoms with van der Waals surface area (Å²) < 4.78 is 38.1. The van der Waals surface area contributed by atoms with Crippen molar-refractivity contribution in [3.05, 3.63) is 58.1 Å². The molecule has 1 amide bonds. The predicted molar refractivity (Wildman–Crippen MR) is 105 cm³/mol. The number of para-hydroxylation sites is 1. The van der Waals surface area contributed by atoms with Gasteiger partial charge in [-0.25, -0.2) is 0 Å².